The van der Waals surface area contributed by atoms with Crippen LogP contribution in [-0.2, 0) is 4.74 Å². The van der Waals surface area contributed by atoms with Gasteiger partial charge in [0.05, 0.1) is 17.9 Å². The number of benzene rings is 1. The SMILES string of the molecule is CCOC(=O)c1c(NN)cccc1C(F)F. The zero-order valence-electron chi connectivity index (χ0n) is 8.67. The topological polar surface area (TPSA) is 64.3 Å². The van der Waals surface area contributed by atoms with Crippen LogP contribution in [0.2, 0.25) is 0 Å². The Bertz CT molecular complexity index is 383. The quantitative estimate of drug-likeness (QED) is 0.472. The molecule has 0 aliphatic rings. The second-order valence-corrected chi connectivity index (χ2v) is 2.94. The van der Waals surface area contributed by atoms with Gasteiger partial charge in [0, 0.05) is 5.56 Å². The summed E-state index contributed by atoms with van der Waals surface area (Å²) < 4.78 is 30.0. The first kappa shape index (κ1) is 12.4. The minimum Gasteiger partial charge on any atom is -0.462 e. The Hall–Kier alpha value is -1.69. The zero-order valence-corrected chi connectivity index (χ0v) is 8.67. The summed E-state index contributed by atoms with van der Waals surface area (Å²) in [5, 5.41) is 0. The fraction of sp³-hybridized carbons (Fsp3) is 0.300. The van der Waals surface area contributed by atoms with E-state index in [1.807, 2.05) is 0 Å². The number of hydrogen-bond acceptors (Lipinski definition) is 4. The lowest BCUT2D eigenvalue weighted by molar-refractivity contribution is 0.0516. The number of halogens is 2. The molecule has 0 atom stereocenters. The molecule has 0 radical (unpaired) electrons. The molecule has 0 unspecified atom stereocenters. The molecule has 6 heteroatoms. The molecule has 16 heavy (non-hydrogen) atoms. The number of rotatable bonds is 4. The number of esters is 1. The molecule has 0 spiro atoms. The average molecular weight is 230 g/mol. The highest BCUT2D eigenvalue weighted by atomic mass is 19.3. The molecule has 88 valence electrons. The van der Waals surface area contributed by atoms with Gasteiger partial charge < -0.3 is 10.2 Å². The molecular weight excluding hydrogens is 218 g/mol. The summed E-state index contributed by atoms with van der Waals surface area (Å²) in [5.41, 5.74) is 1.70. The second kappa shape index (κ2) is 5.41. The Kier molecular flexibility index (Phi) is 4.19. The predicted molar refractivity (Wildman–Crippen MR) is 55.2 cm³/mol. The molecule has 0 fully saturated rings. The van der Waals surface area contributed by atoms with Gasteiger partial charge >= 0.3 is 5.97 Å². The molecule has 0 aliphatic carbocycles. The van der Waals surface area contributed by atoms with Gasteiger partial charge in [-0.15, -0.1) is 0 Å². The Morgan fingerprint density at radius 1 is 1.56 bits per heavy atom. The molecule has 1 aromatic carbocycles. The maximum absolute atomic E-state index is 12.7. The van der Waals surface area contributed by atoms with Crippen molar-refractivity contribution in [2.45, 2.75) is 13.3 Å². The van der Waals surface area contributed by atoms with Gasteiger partial charge in [-0.25, -0.2) is 13.6 Å². The largest absolute Gasteiger partial charge is 0.462 e. The number of anilines is 1. The summed E-state index contributed by atoms with van der Waals surface area (Å²) >= 11 is 0. The van der Waals surface area contributed by atoms with E-state index in [0.717, 1.165) is 6.07 Å². The molecule has 0 aromatic heterocycles. The minimum absolute atomic E-state index is 0.112. The number of carbonyl (C=O) groups is 1. The van der Waals surface area contributed by atoms with Gasteiger partial charge in [0.1, 0.15) is 0 Å². The smallest absolute Gasteiger partial charge is 0.340 e. The lowest BCUT2D eigenvalue weighted by Gasteiger charge is -2.12. The van der Waals surface area contributed by atoms with E-state index in [1.54, 1.807) is 6.92 Å². The van der Waals surface area contributed by atoms with Crippen LogP contribution in [-0.4, -0.2) is 12.6 Å². The highest BCUT2D eigenvalue weighted by Crippen LogP contribution is 2.28. The molecule has 1 rings (SSSR count). The van der Waals surface area contributed by atoms with Gasteiger partial charge in [0.2, 0.25) is 0 Å². The van der Waals surface area contributed by atoms with Crippen molar-refractivity contribution >= 4 is 11.7 Å². The maximum Gasteiger partial charge on any atom is 0.340 e. The van der Waals surface area contributed by atoms with E-state index in [2.05, 4.69) is 5.43 Å². The summed E-state index contributed by atoms with van der Waals surface area (Å²) in [6.07, 6.45) is -2.76. The number of hydrazine groups is 1. The van der Waals surface area contributed by atoms with Crippen molar-refractivity contribution in [1.82, 2.24) is 0 Å². The molecule has 0 amide bonds. The lowest BCUT2D eigenvalue weighted by atomic mass is 10.1. The third-order valence-electron chi connectivity index (χ3n) is 1.97. The normalized spacial score (nSPS) is 10.3. The third-order valence-corrected chi connectivity index (χ3v) is 1.97. The second-order valence-electron chi connectivity index (χ2n) is 2.94. The summed E-state index contributed by atoms with van der Waals surface area (Å²) in [6, 6.07) is 3.98. The van der Waals surface area contributed by atoms with E-state index in [-0.39, 0.29) is 17.9 Å². The van der Waals surface area contributed by atoms with Crippen LogP contribution in [0.5, 0.6) is 0 Å². The van der Waals surface area contributed by atoms with E-state index >= 15 is 0 Å². The molecule has 0 heterocycles. The van der Waals surface area contributed by atoms with Gasteiger partial charge in [0.25, 0.3) is 6.43 Å². The number of nitrogens with two attached hydrogens (primary N) is 1. The van der Waals surface area contributed by atoms with Crippen LogP contribution in [0.4, 0.5) is 14.5 Å². The number of nitrogens with one attached hydrogen (secondary N) is 1. The standard InChI is InChI=1S/C10H12F2N2O2/c1-2-16-10(15)8-6(9(11)12)4-3-5-7(8)14-13/h3-5,9,14H,2,13H2,1H3. The fourth-order valence-corrected chi connectivity index (χ4v) is 1.30. The van der Waals surface area contributed by atoms with E-state index in [9.17, 15) is 13.6 Å². The minimum atomic E-state index is -2.76. The Morgan fingerprint density at radius 3 is 2.75 bits per heavy atom. The van der Waals surface area contributed by atoms with E-state index in [4.69, 9.17) is 10.6 Å². The summed E-state index contributed by atoms with van der Waals surface area (Å²) in [7, 11) is 0. The van der Waals surface area contributed by atoms with Gasteiger partial charge in [-0.3, -0.25) is 5.84 Å². The molecule has 0 aliphatic heterocycles. The van der Waals surface area contributed by atoms with Crippen LogP contribution in [0, 0.1) is 0 Å². The van der Waals surface area contributed by atoms with Gasteiger partial charge in [0.15, 0.2) is 0 Å². The molecule has 0 bridgehead atoms. The molecule has 0 saturated carbocycles. The number of alkyl halides is 2. The maximum atomic E-state index is 12.7. The van der Waals surface area contributed by atoms with Crippen molar-refractivity contribution in [3.8, 4) is 0 Å². The van der Waals surface area contributed by atoms with E-state index < -0.39 is 18.0 Å². The lowest BCUT2D eigenvalue weighted by Crippen LogP contribution is -2.16. The molecule has 3 N–H and O–H groups in total. The fourth-order valence-electron chi connectivity index (χ4n) is 1.30. The number of carbonyl (C=O) groups excluding carboxylic acids is 1. The highest BCUT2D eigenvalue weighted by molar-refractivity contribution is 5.97. The van der Waals surface area contributed by atoms with Crippen molar-refractivity contribution < 1.29 is 18.3 Å². The Balaban J connectivity index is 3.24. The number of nitrogen functional groups attached to an aromatic ring is 1. The third kappa shape index (κ3) is 2.46. The van der Waals surface area contributed by atoms with E-state index in [1.165, 1.54) is 12.1 Å². The van der Waals surface area contributed by atoms with Crippen molar-refractivity contribution in [1.29, 1.82) is 0 Å². The first-order chi connectivity index (χ1) is 7.61. The van der Waals surface area contributed by atoms with Gasteiger partial charge in [-0.2, -0.15) is 0 Å². The predicted octanol–water partition coefficient (Wildman–Crippen LogP) is 2.09. The monoisotopic (exact) mass is 230 g/mol. The Morgan fingerprint density at radius 2 is 2.25 bits per heavy atom. The highest BCUT2D eigenvalue weighted by Gasteiger charge is 2.22. The van der Waals surface area contributed by atoms with Crippen LogP contribution in [0.25, 0.3) is 0 Å². The number of ether oxygens (including phenoxy) is 1. The Labute approximate surface area is 91.4 Å². The first-order valence-electron chi connectivity index (χ1n) is 4.66. The van der Waals surface area contributed by atoms with Crippen LogP contribution < -0.4 is 11.3 Å². The van der Waals surface area contributed by atoms with Crippen molar-refractivity contribution in [3.63, 3.8) is 0 Å². The summed E-state index contributed by atoms with van der Waals surface area (Å²) in [6.45, 7) is 1.71. The number of hydrogen-bond donors (Lipinski definition) is 2. The molecule has 4 nitrogen and oxygen atoms in total. The van der Waals surface area contributed by atoms with Crippen molar-refractivity contribution in [2.24, 2.45) is 5.84 Å². The van der Waals surface area contributed by atoms with Crippen LogP contribution >= 0.6 is 0 Å². The summed E-state index contributed by atoms with van der Waals surface area (Å²) in [4.78, 5) is 11.5. The van der Waals surface area contributed by atoms with Crippen LogP contribution in [0.15, 0.2) is 18.2 Å². The van der Waals surface area contributed by atoms with Crippen LogP contribution in [0.1, 0.15) is 29.3 Å². The van der Waals surface area contributed by atoms with E-state index in [0.29, 0.717) is 0 Å². The van der Waals surface area contributed by atoms with Crippen molar-refractivity contribution in [3.05, 3.63) is 29.3 Å². The first-order valence-corrected chi connectivity index (χ1v) is 4.66. The van der Waals surface area contributed by atoms with Crippen molar-refractivity contribution in [2.75, 3.05) is 12.0 Å². The molecule has 0 saturated heterocycles. The van der Waals surface area contributed by atoms with Crippen LogP contribution in [0.3, 0.4) is 0 Å². The molecular formula is C10H12F2N2O2. The average Bonchev–Trinajstić information content (AvgIpc) is 2.28. The molecule has 1 aromatic rings. The van der Waals surface area contributed by atoms with Gasteiger partial charge in [-0.05, 0) is 13.0 Å². The van der Waals surface area contributed by atoms with Gasteiger partial charge in [-0.1, -0.05) is 12.1 Å². The zero-order chi connectivity index (χ0) is 12.1. The summed E-state index contributed by atoms with van der Waals surface area (Å²) in [5.74, 6) is 4.34.